The van der Waals surface area contributed by atoms with Crippen LogP contribution in [0.25, 0.3) is 0 Å². The first kappa shape index (κ1) is 11.9. The van der Waals surface area contributed by atoms with Gasteiger partial charge < -0.3 is 9.80 Å². The third-order valence-corrected chi connectivity index (χ3v) is 3.73. The van der Waals surface area contributed by atoms with Crippen LogP contribution in [-0.2, 0) is 4.79 Å². The van der Waals surface area contributed by atoms with Crippen molar-refractivity contribution < 1.29 is 4.79 Å². The van der Waals surface area contributed by atoms with E-state index in [9.17, 15) is 4.79 Å². The molecule has 0 aromatic heterocycles. The van der Waals surface area contributed by atoms with E-state index in [1.54, 1.807) is 0 Å². The summed E-state index contributed by atoms with van der Waals surface area (Å²) in [5, 5.41) is 3.34. The number of nitrogens with zero attached hydrogens (tertiary/aromatic N) is 2. The van der Waals surface area contributed by atoms with Gasteiger partial charge in [-0.2, -0.15) is 0 Å². The topological polar surface area (TPSA) is 35.6 Å². The average Bonchev–Trinajstić information content (AvgIpc) is 3.01. The highest BCUT2D eigenvalue weighted by Crippen LogP contribution is 2.39. The van der Waals surface area contributed by atoms with E-state index in [0.29, 0.717) is 5.91 Å². The van der Waals surface area contributed by atoms with Gasteiger partial charge in [0.25, 0.3) is 0 Å². The summed E-state index contributed by atoms with van der Waals surface area (Å²) < 4.78 is 0. The molecule has 2 fully saturated rings. The first-order chi connectivity index (χ1) is 7.72. The molecule has 2 rings (SSSR count). The van der Waals surface area contributed by atoms with Crippen LogP contribution in [-0.4, -0.2) is 54.1 Å². The Morgan fingerprint density at radius 1 is 1.38 bits per heavy atom. The van der Waals surface area contributed by atoms with Crippen molar-refractivity contribution in [3.8, 4) is 0 Å². The van der Waals surface area contributed by atoms with Crippen LogP contribution in [0.3, 0.4) is 0 Å². The van der Waals surface area contributed by atoms with Crippen molar-refractivity contribution >= 4 is 5.91 Å². The third kappa shape index (κ3) is 2.23. The predicted molar refractivity (Wildman–Crippen MR) is 64.1 cm³/mol. The van der Waals surface area contributed by atoms with E-state index >= 15 is 0 Å². The van der Waals surface area contributed by atoms with Crippen LogP contribution in [0.15, 0.2) is 0 Å². The molecule has 0 bridgehead atoms. The van der Waals surface area contributed by atoms with Gasteiger partial charge in [-0.05, 0) is 32.4 Å². The summed E-state index contributed by atoms with van der Waals surface area (Å²) in [6.45, 7) is 9.23. The maximum absolute atomic E-state index is 12.0. The highest BCUT2D eigenvalue weighted by Gasteiger charge is 2.55. The molecule has 1 N–H and O–H groups in total. The van der Waals surface area contributed by atoms with Crippen LogP contribution in [0.1, 0.15) is 33.1 Å². The van der Waals surface area contributed by atoms with Gasteiger partial charge >= 0.3 is 0 Å². The van der Waals surface area contributed by atoms with Gasteiger partial charge in [0, 0.05) is 13.1 Å². The minimum absolute atomic E-state index is 0.123. The lowest BCUT2D eigenvalue weighted by atomic mass is 10.3. The Balaban J connectivity index is 1.76. The van der Waals surface area contributed by atoms with Crippen LogP contribution < -0.4 is 5.32 Å². The van der Waals surface area contributed by atoms with E-state index in [1.807, 2.05) is 4.90 Å². The largest absolute Gasteiger partial charge is 0.327 e. The second-order valence-corrected chi connectivity index (χ2v) is 4.92. The molecule has 2 aliphatic rings. The van der Waals surface area contributed by atoms with Crippen molar-refractivity contribution in [3.63, 3.8) is 0 Å². The fourth-order valence-corrected chi connectivity index (χ4v) is 2.40. The summed E-state index contributed by atoms with van der Waals surface area (Å²) in [6, 6.07) is 0. The lowest BCUT2D eigenvalue weighted by Crippen LogP contribution is -2.38. The van der Waals surface area contributed by atoms with Crippen LogP contribution in [0, 0.1) is 0 Å². The Kier molecular flexibility index (Phi) is 3.50. The maximum Gasteiger partial charge on any atom is 0.244 e. The van der Waals surface area contributed by atoms with Crippen molar-refractivity contribution in [1.29, 1.82) is 0 Å². The Labute approximate surface area is 98.0 Å². The third-order valence-electron chi connectivity index (χ3n) is 3.73. The van der Waals surface area contributed by atoms with Crippen molar-refractivity contribution in [2.45, 2.75) is 38.6 Å². The molecular formula is C12H23N3O. The molecule has 0 atom stereocenters. The Morgan fingerprint density at radius 2 is 2.12 bits per heavy atom. The molecule has 0 aromatic carbocycles. The van der Waals surface area contributed by atoms with Gasteiger partial charge in [0.1, 0.15) is 0 Å². The summed E-state index contributed by atoms with van der Waals surface area (Å²) in [5.74, 6) is 0.333. The minimum Gasteiger partial charge on any atom is -0.327 e. The molecule has 1 spiro atoms. The zero-order valence-electron chi connectivity index (χ0n) is 10.5. The number of carbonyl (C=O) groups is 1. The zero-order chi connectivity index (χ0) is 11.6. The number of hydrogen-bond acceptors (Lipinski definition) is 3. The van der Waals surface area contributed by atoms with Crippen LogP contribution in [0.5, 0.6) is 0 Å². The number of nitrogens with one attached hydrogen (secondary N) is 1. The van der Waals surface area contributed by atoms with E-state index < -0.39 is 0 Å². The molecule has 0 aromatic rings. The quantitative estimate of drug-likeness (QED) is 0.720. The monoisotopic (exact) mass is 225 g/mol. The molecule has 1 saturated carbocycles. The van der Waals surface area contributed by atoms with Crippen LogP contribution in [0.2, 0.25) is 0 Å². The zero-order valence-corrected chi connectivity index (χ0v) is 10.5. The lowest BCUT2D eigenvalue weighted by molar-refractivity contribution is -0.129. The summed E-state index contributed by atoms with van der Waals surface area (Å²) in [5.41, 5.74) is -0.123. The van der Waals surface area contributed by atoms with Gasteiger partial charge in [0.05, 0.1) is 12.2 Å². The fourth-order valence-electron chi connectivity index (χ4n) is 2.40. The molecule has 1 saturated heterocycles. The first-order valence-electron chi connectivity index (χ1n) is 6.48. The molecule has 92 valence electrons. The van der Waals surface area contributed by atoms with E-state index in [4.69, 9.17) is 0 Å². The van der Waals surface area contributed by atoms with Crippen molar-refractivity contribution in [3.05, 3.63) is 0 Å². The summed E-state index contributed by atoms with van der Waals surface area (Å²) in [6.07, 6.45) is 3.26. The summed E-state index contributed by atoms with van der Waals surface area (Å²) in [7, 11) is 0. The summed E-state index contributed by atoms with van der Waals surface area (Å²) >= 11 is 0. The number of carbonyl (C=O) groups excluding carboxylic acids is 1. The second kappa shape index (κ2) is 4.72. The molecule has 1 heterocycles. The van der Waals surface area contributed by atoms with Gasteiger partial charge in [0.2, 0.25) is 5.91 Å². The van der Waals surface area contributed by atoms with Crippen LogP contribution in [0.4, 0.5) is 0 Å². The molecule has 1 aliphatic carbocycles. The SMILES string of the molecule is CCCN(CC)CCN1CNC2(CC2)C1=O. The van der Waals surface area contributed by atoms with E-state index in [0.717, 1.165) is 45.7 Å². The molecule has 0 unspecified atom stereocenters. The molecule has 16 heavy (non-hydrogen) atoms. The second-order valence-electron chi connectivity index (χ2n) is 4.92. The lowest BCUT2D eigenvalue weighted by Gasteiger charge is -2.23. The maximum atomic E-state index is 12.0. The van der Waals surface area contributed by atoms with Crippen LogP contribution >= 0.6 is 0 Å². The van der Waals surface area contributed by atoms with Crippen molar-refractivity contribution in [2.24, 2.45) is 0 Å². The molecular weight excluding hydrogens is 202 g/mol. The smallest absolute Gasteiger partial charge is 0.244 e. The van der Waals surface area contributed by atoms with E-state index in [-0.39, 0.29) is 5.54 Å². The fraction of sp³-hybridized carbons (Fsp3) is 0.917. The van der Waals surface area contributed by atoms with Gasteiger partial charge in [-0.25, -0.2) is 0 Å². The van der Waals surface area contributed by atoms with Gasteiger partial charge in [-0.15, -0.1) is 0 Å². The average molecular weight is 225 g/mol. The number of rotatable bonds is 6. The Hall–Kier alpha value is -0.610. The minimum atomic E-state index is -0.123. The number of hydrogen-bond donors (Lipinski definition) is 1. The predicted octanol–water partition coefficient (Wildman–Crippen LogP) is 0.640. The first-order valence-corrected chi connectivity index (χ1v) is 6.48. The molecule has 4 nitrogen and oxygen atoms in total. The Morgan fingerprint density at radius 3 is 2.62 bits per heavy atom. The number of amides is 1. The number of likely N-dealkylation sites (N-methyl/N-ethyl adjacent to an activating group) is 1. The van der Waals surface area contributed by atoms with E-state index in [2.05, 4.69) is 24.1 Å². The highest BCUT2D eigenvalue weighted by molar-refractivity contribution is 5.91. The van der Waals surface area contributed by atoms with Gasteiger partial charge in [-0.1, -0.05) is 13.8 Å². The molecule has 4 heteroatoms. The van der Waals surface area contributed by atoms with Crippen molar-refractivity contribution in [1.82, 2.24) is 15.1 Å². The molecule has 1 amide bonds. The van der Waals surface area contributed by atoms with Gasteiger partial charge in [0.15, 0.2) is 0 Å². The summed E-state index contributed by atoms with van der Waals surface area (Å²) in [4.78, 5) is 16.4. The standard InChI is InChI=1S/C12H23N3O/c1-3-7-14(4-2)8-9-15-10-13-12(5-6-12)11(15)16/h13H,3-10H2,1-2H3. The highest BCUT2D eigenvalue weighted by atomic mass is 16.2. The molecule has 0 radical (unpaired) electrons. The normalized spacial score (nSPS) is 22.4. The molecule has 1 aliphatic heterocycles. The van der Waals surface area contributed by atoms with Gasteiger partial charge in [-0.3, -0.25) is 10.1 Å². The Bertz CT molecular complexity index is 263. The van der Waals surface area contributed by atoms with Crippen molar-refractivity contribution in [2.75, 3.05) is 32.8 Å². The van der Waals surface area contributed by atoms with E-state index in [1.165, 1.54) is 6.42 Å².